The lowest BCUT2D eigenvalue weighted by Crippen LogP contribution is -2.12. The van der Waals surface area contributed by atoms with Gasteiger partial charge >= 0.3 is 5.97 Å². The molecule has 1 aromatic carbocycles. The number of benzene rings is 1. The molecule has 76 valence electrons. The predicted molar refractivity (Wildman–Crippen MR) is 58.5 cm³/mol. The Kier molecular flexibility index (Phi) is 3.97. The van der Waals surface area contributed by atoms with Crippen LogP contribution in [-0.4, -0.2) is 22.4 Å². The number of hydrogen-bond acceptors (Lipinski definition) is 3. The lowest BCUT2D eigenvalue weighted by atomic mass is 10.1. The second kappa shape index (κ2) is 4.82. The molecule has 0 aliphatic heterocycles. The first kappa shape index (κ1) is 11.6. The Morgan fingerprint density at radius 1 is 1.57 bits per heavy atom. The molecule has 1 unspecified atom stereocenters. The third kappa shape index (κ3) is 2.29. The SMILES string of the molecule is CSc1cccc(Br)c1C(O)C(=O)O. The van der Waals surface area contributed by atoms with Gasteiger partial charge in [0.2, 0.25) is 0 Å². The molecule has 1 aromatic rings. The number of rotatable bonds is 3. The third-order valence-electron chi connectivity index (χ3n) is 1.74. The minimum absolute atomic E-state index is 0.410. The first-order valence-electron chi connectivity index (χ1n) is 3.81. The number of aliphatic carboxylic acids is 1. The van der Waals surface area contributed by atoms with Crippen molar-refractivity contribution >= 4 is 33.7 Å². The topological polar surface area (TPSA) is 57.5 Å². The second-order valence-corrected chi connectivity index (χ2v) is 4.30. The number of carboxylic acids is 1. The van der Waals surface area contributed by atoms with Crippen LogP contribution in [0.15, 0.2) is 27.6 Å². The van der Waals surface area contributed by atoms with Crippen LogP contribution < -0.4 is 0 Å². The molecule has 0 spiro atoms. The number of aliphatic hydroxyl groups excluding tert-OH is 1. The number of hydrogen-bond donors (Lipinski definition) is 2. The van der Waals surface area contributed by atoms with E-state index < -0.39 is 12.1 Å². The lowest BCUT2D eigenvalue weighted by Gasteiger charge is -2.12. The Morgan fingerprint density at radius 3 is 2.71 bits per heavy atom. The van der Waals surface area contributed by atoms with E-state index in [-0.39, 0.29) is 0 Å². The van der Waals surface area contributed by atoms with E-state index in [4.69, 9.17) is 5.11 Å². The van der Waals surface area contributed by atoms with Crippen molar-refractivity contribution in [1.82, 2.24) is 0 Å². The van der Waals surface area contributed by atoms with Crippen LogP contribution in [0.4, 0.5) is 0 Å². The van der Waals surface area contributed by atoms with Gasteiger partial charge in [0.1, 0.15) is 0 Å². The van der Waals surface area contributed by atoms with E-state index in [0.717, 1.165) is 4.90 Å². The summed E-state index contributed by atoms with van der Waals surface area (Å²) in [6, 6.07) is 5.28. The molecule has 1 atom stereocenters. The van der Waals surface area contributed by atoms with Crippen molar-refractivity contribution in [2.75, 3.05) is 6.26 Å². The van der Waals surface area contributed by atoms with E-state index in [2.05, 4.69) is 15.9 Å². The van der Waals surface area contributed by atoms with Gasteiger partial charge in [0.25, 0.3) is 0 Å². The van der Waals surface area contributed by atoms with E-state index in [0.29, 0.717) is 10.0 Å². The number of thioether (sulfide) groups is 1. The molecule has 0 aliphatic carbocycles. The van der Waals surface area contributed by atoms with E-state index in [1.807, 2.05) is 6.26 Å². The first-order chi connectivity index (χ1) is 6.57. The monoisotopic (exact) mass is 276 g/mol. The fraction of sp³-hybridized carbons (Fsp3) is 0.222. The highest BCUT2D eigenvalue weighted by molar-refractivity contribution is 9.10. The highest BCUT2D eigenvalue weighted by Crippen LogP contribution is 2.32. The zero-order valence-corrected chi connectivity index (χ0v) is 9.80. The third-order valence-corrected chi connectivity index (χ3v) is 3.23. The van der Waals surface area contributed by atoms with Crippen LogP contribution in [0.5, 0.6) is 0 Å². The number of halogens is 1. The molecule has 0 fully saturated rings. The Balaban J connectivity index is 3.23. The zero-order chi connectivity index (χ0) is 10.7. The van der Waals surface area contributed by atoms with Crippen molar-refractivity contribution in [3.05, 3.63) is 28.2 Å². The van der Waals surface area contributed by atoms with Gasteiger partial charge in [0.05, 0.1) is 0 Å². The first-order valence-corrected chi connectivity index (χ1v) is 5.83. The summed E-state index contributed by atoms with van der Waals surface area (Å²) in [6.07, 6.45) is 0.354. The van der Waals surface area contributed by atoms with E-state index >= 15 is 0 Å². The maximum Gasteiger partial charge on any atom is 0.337 e. The molecule has 0 saturated heterocycles. The fourth-order valence-electron chi connectivity index (χ4n) is 1.08. The molecule has 0 radical (unpaired) electrons. The Hall–Kier alpha value is -0.520. The summed E-state index contributed by atoms with van der Waals surface area (Å²) in [5.41, 5.74) is 0.410. The standard InChI is InChI=1S/C9H9BrO3S/c1-14-6-4-2-3-5(10)7(6)8(11)9(12)13/h2-4,8,11H,1H3,(H,12,13). The minimum Gasteiger partial charge on any atom is -0.479 e. The Labute approximate surface area is 94.3 Å². The summed E-state index contributed by atoms with van der Waals surface area (Å²) in [6.45, 7) is 0. The van der Waals surface area contributed by atoms with Gasteiger partial charge in [-0.25, -0.2) is 4.79 Å². The molecule has 0 aromatic heterocycles. The van der Waals surface area contributed by atoms with Crippen LogP contribution in [0, 0.1) is 0 Å². The maximum absolute atomic E-state index is 10.6. The van der Waals surface area contributed by atoms with Crippen LogP contribution in [0.2, 0.25) is 0 Å². The van der Waals surface area contributed by atoms with Gasteiger partial charge in [0.15, 0.2) is 6.10 Å². The number of carbonyl (C=O) groups is 1. The molecular weight excluding hydrogens is 268 g/mol. The average Bonchev–Trinajstić information content (AvgIpc) is 2.16. The number of aliphatic hydroxyl groups is 1. The zero-order valence-electron chi connectivity index (χ0n) is 7.40. The smallest absolute Gasteiger partial charge is 0.337 e. The van der Waals surface area contributed by atoms with Gasteiger partial charge in [-0.05, 0) is 18.4 Å². The summed E-state index contributed by atoms with van der Waals surface area (Å²) in [4.78, 5) is 11.4. The molecule has 0 saturated carbocycles. The molecular formula is C9H9BrO3S. The van der Waals surface area contributed by atoms with Gasteiger partial charge in [-0.3, -0.25) is 0 Å². The van der Waals surface area contributed by atoms with E-state index in [1.165, 1.54) is 11.8 Å². The van der Waals surface area contributed by atoms with Crippen molar-refractivity contribution in [3.8, 4) is 0 Å². The summed E-state index contributed by atoms with van der Waals surface area (Å²) in [7, 11) is 0. The van der Waals surface area contributed by atoms with Crippen molar-refractivity contribution in [3.63, 3.8) is 0 Å². The molecule has 3 nitrogen and oxygen atoms in total. The van der Waals surface area contributed by atoms with Gasteiger partial charge < -0.3 is 10.2 Å². The van der Waals surface area contributed by atoms with Crippen LogP contribution in [0.3, 0.4) is 0 Å². The minimum atomic E-state index is -1.48. The van der Waals surface area contributed by atoms with Gasteiger partial charge in [-0.2, -0.15) is 0 Å². The van der Waals surface area contributed by atoms with Crippen molar-refractivity contribution in [2.24, 2.45) is 0 Å². The molecule has 0 bridgehead atoms. The van der Waals surface area contributed by atoms with E-state index in [1.54, 1.807) is 18.2 Å². The fourth-order valence-corrected chi connectivity index (χ4v) is 2.45. The Morgan fingerprint density at radius 2 is 2.21 bits per heavy atom. The van der Waals surface area contributed by atoms with Gasteiger partial charge in [-0.1, -0.05) is 22.0 Å². The molecule has 2 N–H and O–H groups in total. The summed E-state index contributed by atoms with van der Waals surface area (Å²) < 4.78 is 0.610. The molecule has 0 heterocycles. The second-order valence-electron chi connectivity index (χ2n) is 2.60. The molecule has 0 aliphatic rings. The molecule has 0 amide bonds. The van der Waals surface area contributed by atoms with Gasteiger partial charge in [0, 0.05) is 14.9 Å². The predicted octanol–water partition coefficient (Wildman–Crippen LogP) is 2.29. The van der Waals surface area contributed by atoms with Crippen LogP contribution in [0.25, 0.3) is 0 Å². The average molecular weight is 277 g/mol. The van der Waals surface area contributed by atoms with E-state index in [9.17, 15) is 9.90 Å². The van der Waals surface area contributed by atoms with Crippen molar-refractivity contribution in [1.29, 1.82) is 0 Å². The van der Waals surface area contributed by atoms with Crippen molar-refractivity contribution < 1.29 is 15.0 Å². The molecule has 1 rings (SSSR count). The summed E-state index contributed by atoms with van der Waals surface area (Å²) in [5.74, 6) is -1.24. The van der Waals surface area contributed by atoms with Crippen LogP contribution in [0.1, 0.15) is 11.7 Å². The van der Waals surface area contributed by atoms with Gasteiger partial charge in [-0.15, -0.1) is 11.8 Å². The lowest BCUT2D eigenvalue weighted by molar-refractivity contribution is -0.147. The maximum atomic E-state index is 10.6. The highest BCUT2D eigenvalue weighted by Gasteiger charge is 2.21. The van der Waals surface area contributed by atoms with Crippen LogP contribution >= 0.6 is 27.7 Å². The molecule has 5 heteroatoms. The Bertz CT molecular complexity index is 354. The van der Waals surface area contributed by atoms with Crippen molar-refractivity contribution in [2.45, 2.75) is 11.0 Å². The quantitative estimate of drug-likeness (QED) is 0.832. The summed E-state index contributed by atoms with van der Waals surface area (Å²) >= 11 is 4.62. The normalized spacial score (nSPS) is 12.5. The highest BCUT2D eigenvalue weighted by atomic mass is 79.9. The largest absolute Gasteiger partial charge is 0.479 e. The summed E-state index contributed by atoms with van der Waals surface area (Å²) in [5, 5.41) is 18.1. The van der Waals surface area contributed by atoms with Crippen LogP contribution in [-0.2, 0) is 4.79 Å². The molecule has 14 heavy (non-hydrogen) atoms. The number of carboxylic acid groups (broad SMARTS) is 1.